The minimum absolute atomic E-state index is 0.0188. The van der Waals surface area contributed by atoms with Gasteiger partial charge in [-0.15, -0.1) is 0 Å². The van der Waals surface area contributed by atoms with Crippen molar-refractivity contribution in [2.75, 3.05) is 31.1 Å². The molecule has 0 spiro atoms. The van der Waals surface area contributed by atoms with Crippen LogP contribution in [-0.4, -0.2) is 54.0 Å². The highest BCUT2D eigenvalue weighted by Gasteiger charge is 2.24. The molecule has 1 aliphatic rings. The molecule has 0 atom stereocenters. The Morgan fingerprint density at radius 3 is 2.45 bits per heavy atom. The lowest BCUT2D eigenvalue weighted by atomic mass is 10.1. The number of amides is 1. The summed E-state index contributed by atoms with van der Waals surface area (Å²) in [6, 6.07) is 11.6. The number of carbonyl (C=O) groups excluding carboxylic acids is 3. The number of carbonyl (C=O) groups is 3. The van der Waals surface area contributed by atoms with Crippen molar-refractivity contribution in [2.24, 2.45) is 0 Å². The van der Waals surface area contributed by atoms with E-state index in [2.05, 4.69) is 4.98 Å². The van der Waals surface area contributed by atoms with Crippen LogP contribution in [0.3, 0.4) is 0 Å². The summed E-state index contributed by atoms with van der Waals surface area (Å²) in [5.74, 6) is -0.665. The molecule has 2 aromatic carbocycles. The first-order valence-corrected chi connectivity index (χ1v) is 9.39. The number of ketones is 1. The van der Waals surface area contributed by atoms with Crippen molar-refractivity contribution >= 4 is 34.6 Å². The number of benzene rings is 2. The van der Waals surface area contributed by atoms with Crippen LogP contribution < -0.4 is 4.90 Å². The van der Waals surface area contributed by atoms with E-state index in [4.69, 9.17) is 0 Å². The van der Waals surface area contributed by atoms with Gasteiger partial charge in [-0.25, -0.2) is 4.39 Å². The number of H-pyrrole nitrogens is 1. The minimum Gasteiger partial charge on any atom is -0.368 e. The van der Waals surface area contributed by atoms with Crippen LogP contribution in [0.25, 0.3) is 10.9 Å². The van der Waals surface area contributed by atoms with Crippen LogP contribution in [0.2, 0.25) is 0 Å². The van der Waals surface area contributed by atoms with Crippen LogP contribution in [0.5, 0.6) is 0 Å². The fourth-order valence-electron chi connectivity index (χ4n) is 3.61. The summed E-state index contributed by atoms with van der Waals surface area (Å²) >= 11 is 0. The lowest BCUT2D eigenvalue weighted by Gasteiger charge is -2.36. The van der Waals surface area contributed by atoms with Gasteiger partial charge in [0.15, 0.2) is 12.1 Å². The van der Waals surface area contributed by atoms with Gasteiger partial charge >= 0.3 is 0 Å². The summed E-state index contributed by atoms with van der Waals surface area (Å²) < 4.78 is 13.9. The van der Waals surface area contributed by atoms with Gasteiger partial charge in [0.1, 0.15) is 11.5 Å². The molecule has 1 fully saturated rings. The first-order valence-electron chi connectivity index (χ1n) is 9.39. The van der Waals surface area contributed by atoms with Crippen molar-refractivity contribution in [3.8, 4) is 0 Å². The molecule has 3 aromatic rings. The maximum atomic E-state index is 13.9. The third-order valence-electron chi connectivity index (χ3n) is 5.30. The van der Waals surface area contributed by atoms with E-state index in [0.29, 0.717) is 49.4 Å². The molecule has 29 heavy (non-hydrogen) atoms. The van der Waals surface area contributed by atoms with E-state index in [-0.39, 0.29) is 17.3 Å². The van der Waals surface area contributed by atoms with Crippen molar-refractivity contribution < 1.29 is 18.8 Å². The highest BCUT2D eigenvalue weighted by atomic mass is 19.1. The molecule has 1 saturated heterocycles. The number of nitrogens with one attached hydrogen (secondary N) is 1. The molecule has 0 unspecified atom stereocenters. The smallest absolute Gasteiger partial charge is 0.270 e. The Bertz CT molecular complexity index is 1110. The Labute approximate surface area is 166 Å². The maximum Gasteiger partial charge on any atom is 0.270 e. The number of fused-ring (bicyclic) bond motifs is 1. The largest absolute Gasteiger partial charge is 0.368 e. The Balaban J connectivity index is 1.46. The standard InChI is InChI=1S/C22H20FN3O3/c1-14(28)15-3-5-20-17(10-15)11-21(24-20)22(29)26-8-6-25(7-9-26)18-4-2-16(13-27)19(23)12-18/h2-5,10-13,24H,6-9H2,1H3. The van der Waals surface area contributed by atoms with Crippen molar-refractivity contribution in [2.45, 2.75) is 6.92 Å². The Hall–Kier alpha value is -3.48. The summed E-state index contributed by atoms with van der Waals surface area (Å²) in [5, 5.41) is 0.824. The molecule has 0 bridgehead atoms. The molecule has 0 aliphatic carbocycles. The average molecular weight is 393 g/mol. The van der Waals surface area contributed by atoms with E-state index in [0.717, 1.165) is 10.9 Å². The fraction of sp³-hybridized carbons (Fsp3) is 0.227. The van der Waals surface area contributed by atoms with E-state index >= 15 is 0 Å². The fourth-order valence-corrected chi connectivity index (χ4v) is 3.61. The van der Waals surface area contributed by atoms with Crippen LogP contribution in [0, 0.1) is 5.82 Å². The minimum atomic E-state index is -0.543. The second-order valence-corrected chi connectivity index (χ2v) is 7.14. The zero-order valence-electron chi connectivity index (χ0n) is 15.9. The van der Waals surface area contributed by atoms with E-state index in [9.17, 15) is 18.8 Å². The number of piperazine rings is 1. The van der Waals surface area contributed by atoms with E-state index in [1.807, 2.05) is 4.90 Å². The van der Waals surface area contributed by atoms with Crippen molar-refractivity contribution in [3.63, 3.8) is 0 Å². The van der Waals surface area contributed by atoms with E-state index in [1.165, 1.54) is 19.1 Å². The quantitative estimate of drug-likeness (QED) is 0.545. The van der Waals surface area contributed by atoms with Crippen molar-refractivity contribution in [1.29, 1.82) is 0 Å². The third kappa shape index (κ3) is 3.63. The number of Topliss-reactive ketones (excluding diaryl/α,β-unsaturated/α-hetero) is 1. The van der Waals surface area contributed by atoms with Crippen LogP contribution in [0.1, 0.15) is 38.1 Å². The van der Waals surface area contributed by atoms with Gasteiger partial charge in [0.25, 0.3) is 5.91 Å². The SMILES string of the molecule is CC(=O)c1ccc2[nH]c(C(=O)N3CCN(c4ccc(C=O)c(F)c4)CC3)cc2c1. The van der Waals surface area contributed by atoms with Gasteiger partial charge in [-0.3, -0.25) is 14.4 Å². The summed E-state index contributed by atoms with van der Waals surface area (Å²) in [4.78, 5) is 42.1. The molecular weight excluding hydrogens is 373 g/mol. The van der Waals surface area contributed by atoms with Gasteiger partial charge in [0.05, 0.1) is 5.56 Å². The van der Waals surface area contributed by atoms with Crippen LogP contribution in [-0.2, 0) is 0 Å². The lowest BCUT2D eigenvalue weighted by Crippen LogP contribution is -2.48. The molecule has 2 heterocycles. The second-order valence-electron chi connectivity index (χ2n) is 7.14. The number of nitrogens with zero attached hydrogens (tertiary/aromatic N) is 2. The Kier molecular flexibility index (Phi) is 4.88. The molecule has 1 N–H and O–H groups in total. The molecule has 4 rings (SSSR count). The predicted molar refractivity (Wildman–Crippen MR) is 108 cm³/mol. The van der Waals surface area contributed by atoms with Gasteiger partial charge in [-0.1, -0.05) is 0 Å². The number of hydrogen-bond acceptors (Lipinski definition) is 4. The van der Waals surface area contributed by atoms with Gasteiger partial charge in [-0.05, 0) is 49.4 Å². The number of anilines is 1. The molecule has 1 amide bonds. The molecule has 7 heteroatoms. The number of aromatic amines is 1. The van der Waals surface area contributed by atoms with Gasteiger partial charge in [0.2, 0.25) is 0 Å². The van der Waals surface area contributed by atoms with Crippen LogP contribution >= 0.6 is 0 Å². The Morgan fingerprint density at radius 2 is 1.79 bits per heavy atom. The predicted octanol–water partition coefficient (Wildman–Crippen LogP) is 3.28. The highest BCUT2D eigenvalue weighted by Crippen LogP contribution is 2.22. The van der Waals surface area contributed by atoms with Crippen LogP contribution in [0.4, 0.5) is 10.1 Å². The number of hydrogen-bond donors (Lipinski definition) is 1. The number of aromatic nitrogens is 1. The normalized spacial score (nSPS) is 14.3. The van der Waals surface area contributed by atoms with Crippen LogP contribution in [0.15, 0.2) is 42.5 Å². The summed E-state index contributed by atoms with van der Waals surface area (Å²) in [5.41, 5.74) is 2.63. The van der Waals surface area contributed by atoms with Crippen molar-refractivity contribution in [1.82, 2.24) is 9.88 Å². The zero-order chi connectivity index (χ0) is 20.5. The highest BCUT2D eigenvalue weighted by molar-refractivity contribution is 6.01. The molecule has 6 nitrogen and oxygen atoms in total. The third-order valence-corrected chi connectivity index (χ3v) is 5.30. The van der Waals surface area contributed by atoms with Crippen molar-refractivity contribution in [3.05, 3.63) is 65.1 Å². The molecule has 148 valence electrons. The number of aldehydes is 1. The van der Waals surface area contributed by atoms with E-state index < -0.39 is 5.82 Å². The molecule has 1 aliphatic heterocycles. The summed E-state index contributed by atoms with van der Waals surface area (Å²) in [6.07, 6.45) is 0.495. The lowest BCUT2D eigenvalue weighted by molar-refractivity contribution is 0.0741. The molecule has 1 aromatic heterocycles. The summed E-state index contributed by atoms with van der Waals surface area (Å²) in [6.45, 7) is 3.66. The monoisotopic (exact) mass is 393 g/mol. The molecule has 0 saturated carbocycles. The van der Waals surface area contributed by atoms with Gasteiger partial charge in [0, 0.05) is 48.3 Å². The topological polar surface area (TPSA) is 73.5 Å². The number of rotatable bonds is 4. The average Bonchev–Trinajstić information content (AvgIpc) is 3.16. The first-order chi connectivity index (χ1) is 14.0. The number of halogens is 1. The molecular formula is C22H20FN3O3. The summed E-state index contributed by atoms with van der Waals surface area (Å²) in [7, 11) is 0. The van der Waals surface area contributed by atoms with Gasteiger partial charge < -0.3 is 14.8 Å². The zero-order valence-corrected chi connectivity index (χ0v) is 15.9. The second kappa shape index (κ2) is 7.50. The molecule has 0 radical (unpaired) electrons. The van der Waals surface area contributed by atoms with Gasteiger partial charge in [-0.2, -0.15) is 0 Å². The van der Waals surface area contributed by atoms with E-state index in [1.54, 1.807) is 35.2 Å². The maximum absolute atomic E-state index is 13.9. The Morgan fingerprint density at radius 1 is 1.03 bits per heavy atom. The first kappa shape index (κ1) is 18.9.